The van der Waals surface area contributed by atoms with Crippen LogP contribution in [0.4, 0.5) is 0 Å². The summed E-state index contributed by atoms with van der Waals surface area (Å²) in [7, 11) is 0. The van der Waals surface area contributed by atoms with Crippen molar-refractivity contribution in [1.82, 2.24) is 15.5 Å². The minimum Gasteiger partial charge on any atom is -0.479 e. The number of aliphatic carboxylic acids is 1. The van der Waals surface area contributed by atoms with Crippen molar-refractivity contribution < 1.29 is 24.0 Å². The maximum absolute atomic E-state index is 12.0. The number of carbonyl (C=O) groups excluding carboxylic acids is 1. The Kier molecular flexibility index (Phi) is 4.61. The van der Waals surface area contributed by atoms with Crippen molar-refractivity contribution in [2.75, 3.05) is 13.2 Å². The standard InChI is InChI=1S/C15H21N3O5/c19-11(17-15(14(20)21)7-8-22-9-15)5-6-12-16-13(18-23-12)10-3-1-2-4-10/h10H,1-9H2,(H,17,19)(H,20,21). The van der Waals surface area contributed by atoms with E-state index in [1.165, 1.54) is 12.8 Å². The number of aryl methyl sites for hydroxylation is 1. The molecule has 1 atom stereocenters. The second-order valence-corrected chi connectivity index (χ2v) is 6.27. The summed E-state index contributed by atoms with van der Waals surface area (Å²) in [6, 6.07) is 0. The van der Waals surface area contributed by atoms with Gasteiger partial charge in [-0.1, -0.05) is 18.0 Å². The summed E-state index contributed by atoms with van der Waals surface area (Å²) in [4.78, 5) is 27.7. The van der Waals surface area contributed by atoms with Gasteiger partial charge in [0.2, 0.25) is 11.8 Å². The molecule has 8 heteroatoms. The number of carboxylic acids is 1. The zero-order valence-corrected chi connectivity index (χ0v) is 12.9. The molecule has 126 valence electrons. The van der Waals surface area contributed by atoms with Gasteiger partial charge in [-0.25, -0.2) is 4.79 Å². The van der Waals surface area contributed by atoms with Crippen LogP contribution in [0.15, 0.2) is 4.52 Å². The third kappa shape index (κ3) is 3.52. The number of hydrogen-bond donors (Lipinski definition) is 2. The molecule has 8 nitrogen and oxygen atoms in total. The van der Waals surface area contributed by atoms with E-state index in [0.29, 0.717) is 24.8 Å². The number of ether oxygens (including phenoxy) is 1. The fourth-order valence-corrected chi connectivity index (χ4v) is 3.15. The highest BCUT2D eigenvalue weighted by atomic mass is 16.5. The van der Waals surface area contributed by atoms with Crippen molar-refractivity contribution in [3.63, 3.8) is 0 Å². The van der Waals surface area contributed by atoms with Crippen molar-refractivity contribution in [2.24, 2.45) is 0 Å². The molecule has 1 aliphatic carbocycles. The molecule has 1 unspecified atom stereocenters. The Labute approximate surface area is 133 Å². The maximum atomic E-state index is 12.0. The van der Waals surface area contributed by atoms with Crippen molar-refractivity contribution in [2.45, 2.75) is 56.4 Å². The Morgan fingerprint density at radius 1 is 1.35 bits per heavy atom. The van der Waals surface area contributed by atoms with Crippen LogP contribution in [0.25, 0.3) is 0 Å². The molecule has 1 aliphatic heterocycles. The largest absolute Gasteiger partial charge is 0.479 e. The van der Waals surface area contributed by atoms with E-state index in [9.17, 15) is 14.7 Å². The van der Waals surface area contributed by atoms with Crippen LogP contribution in [0.3, 0.4) is 0 Å². The second kappa shape index (κ2) is 6.66. The van der Waals surface area contributed by atoms with Crippen molar-refractivity contribution >= 4 is 11.9 Å². The normalized spacial score (nSPS) is 24.9. The number of nitrogens with one attached hydrogen (secondary N) is 1. The highest BCUT2D eigenvalue weighted by molar-refractivity contribution is 5.87. The van der Waals surface area contributed by atoms with E-state index in [-0.39, 0.29) is 25.4 Å². The third-order valence-electron chi connectivity index (χ3n) is 4.58. The predicted octanol–water partition coefficient (Wildman–Crippen LogP) is 1.02. The quantitative estimate of drug-likeness (QED) is 0.803. The summed E-state index contributed by atoms with van der Waals surface area (Å²) in [6.07, 6.45) is 5.25. The first kappa shape index (κ1) is 15.9. The fraction of sp³-hybridized carbons (Fsp3) is 0.733. The van der Waals surface area contributed by atoms with Gasteiger partial charge in [0, 0.05) is 31.8 Å². The second-order valence-electron chi connectivity index (χ2n) is 6.27. The van der Waals surface area contributed by atoms with E-state index < -0.39 is 11.5 Å². The van der Waals surface area contributed by atoms with Gasteiger partial charge in [-0.15, -0.1) is 0 Å². The molecule has 23 heavy (non-hydrogen) atoms. The minimum atomic E-state index is -1.30. The van der Waals surface area contributed by atoms with E-state index in [1.54, 1.807) is 0 Å². The molecule has 2 fully saturated rings. The molecule has 1 aromatic rings. The average Bonchev–Trinajstić information content (AvgIpc) is 3.26. The van der Waals surface area contributed by atoms with Crippen LogP contribution >= 0.6 is 0 Å². The monoisotopic (exact) mass is 323 g/mol. The van der Waals surface area contributed by atoms with Crippen LogP contribution in [0, 0.1) is 0 Å². The molecule has 2 N–H and O–H groups in total. The van der Waals surface area contributed by atoms with E-state index in [2.05, 4.69) is 15.5 Å². The van der Waals surface area contributed by atoms with Gasteiger partial charge in [-0.2, -0.15) is 4.98 Å². The van der Waals surface area contributed by atoms with Crippen molar-refractivity contribution in [1.29, 1.82) is 0 Å². The lowest BCUT2D eigenvalue weighted by atomic mass is 9.98. The average molecular weight is 323 g/mol. The van der Waals surface area contributed by atoms with Gasteiger partial charge in [-0.05, 0) is 12.8 Å². The molecular weight excluding hydrogens is 302 g/mol. The SMILES string of the molecule is O=C(CCc1nc(C2CCCC2)no1)NC1(C(=O)O)CCOC1. The van der Waals surface area contributed by atoms with Crippen molar-refractivity contribution in [3.8, 4) is 0 Å². The summed E-state index contributed by atoms with van der Waals surface area (Å²) in [5.41, 5.74) is -1.30. The molecule has 1 saturated carbocycles. The van der Waals surface area contributed by atoms with E-state index in [4.69, 9.17) is 9.26 Å². The Morgan fingerprint density at radius 3 is 2.78 bits per heavy atom. The Morgan fingerprint density at radius 2 is 2.13 bits per heavy atom. The Balaban J connectivity index is 1.51. The van der Waals surface area contributed by atoms with Crippen LogP contribution in [-0.4, -0.2) is 45.9 Å². The van der Waals surface area contributed by atoms with Crippen molar-refractivity contribution in [3.05, 3.63) is 11.7 Å². The topological polar surface area (TPSA) is 115 Å². The zero-order valence-electron chi connectivity index (χ0n) is 12.9. The molecule has 1 aromatic heterocycles. The molecule has 2 aliphatic rings. The van der Waals surface area contributed by atoms with Crippen LogP contribution in [0.5, 0.6) is 0 Å². The lowest BCUT2D eigenvalue weighted by Gasteiger charge is -2.23. The van der Waals surface area contributed by atoms with Gasteiger partial charge >= 0.3 is 5.97 Å². The molecular formula is C15H21N3O5. The maximum Gasteiger partial charge on any atom is 0.331 e. The summed E-state index contributed by atoms with van der Waals surface area (Å²) in [5.74, 6) is 0.105. The first-order valence-corrected chi connectivity index (χ1v) is 8.04. The van der Waals surface area contributed by atoms with Gasteiger partial charge in [0.1, 0.15) is 0 Å². The summed E-state index contributed by atoms with van der Waals surface area (Å²) in [6.45, 7) is 0.335. The Hall–Kier alpha value is -1.96. The minimum absolute atomic E-state index is 0.000455. The number of carbonyl (C=O) groups is 2. The smallest absolute Gasteiger partial charge is 0.331 e. The molecule has 0 spiro atoms. The van der Waals surface area contributed by atoms with Gasteiger partial charge in [-0.3, -0.25) is 4.79 Å². The van der Waals surface area contributed by atoms with Crippen LogP contribution in [0.2, 0.25) is 0 Å². The van der Waals surface area contributed by atoms with Crippen LogP contribution in [0.1, 0.15) is 56.2 Å². The molecule has 0 radical (unpaired) electrons. The van der Waals surface area contributed by atoms with Crippen LogP contribution in [-0.2, 0) is 20.7 Å². The number of aromatic nitrogens is 2. The summed E-state index contributed by atoms with van der Waals surface area (Å²) >= 11 is 0. The number of rotatable bonds is 6. The predicted molar refractivity (Wildman–Crippen MR) is 77.8 cm³/mol. The number of carboxylic acid groups (broad SMARTS) is 1. The summed E-state index contributed by atoms with van der Waals surface area (Å²) < 4.78 is 10.3. The van der Waals surface area contributed by atoms with E-state index in [0.717, 1.165) is 18.7 Å². The van der Waals surface area contributed by atoms with Gasteiger partial charge in [0.15, 0.2) is 11.4 Å². The van der Waals surface area contributed by atoms with E-state index in [1.807, 2.05) is 0 Å². The molecule has 3 rings (SSSR count). The number of hydrogen-bond acceptors (Lipinski definition) is 6. The lowest BCUT2D eigenvalue weighted by Crippen LogP contribution is -2.55. The van der Waals surface area contributed by atoms with Gasteiger partial charge in [0.05, 0.1) is 6.61 Å². The number of nitrogens with zero attached hydrogens (tertiary/aromatic N) is 2. The molecule has 1 amide bonds. The zero-order chi connectivity index (χ0) is 16.3. The van der Waals surface area contributed by atoms with Gasteiger partial charge in [0.25, 0.3) is 0 Å². The van der Waals surface area contributed by atoms with Crippen LogP contribution < -0.4 is 5.32 Å². The first-order chi connectivity index (χ1) is 11.1. The van der Waals surface area contributed by atoms with Gasteiger partial charge < -0.3 is 19.7 Å². The van der Waals surface area contributed by atoms with E-state index >= 15 is 0 Å². The summed E-state index contributed by atoms with van der Waals surface area (Å²) in [5, 5.41) is 15.8. The first-order valence-electron chi connectivity index (χ1n) is 8.04. The fourth-order valence-electron chi connectivity index (χ4n) is 3.15. The molecule has 2 heterocycles. The lowest BCUT2D eigenvalue weighted by molar-refractivity contribution is -0.147. The highest BCUT2D eigenvalue weighted by Gasteiger charge is 2.43. The molecule has 1 saturated heterocycles. The highest BCUT2D eigenvalue weighted by Crippen LogP contribution is 2.32. The number of amides is 1. The molecule has 0 bridgehead atoms. The Bertz CT molecular complexity index is 573. The third-order valence-corrected chi connectivity index (χ3v) is 4.58. The molecule has 0 aromatic carbocycles.